The Morgan fingerprint density at radius 3 is 2.78 bits per heavy atom. The molecule has 0 atom stereocenters. The molecule has 1 aliphatic heterocycles. The molecule has 0 saturated carbocycles. The van der Waals surface area contributed by atoms with Gasteiger partial charge < -0.3 is 15.5 Å². The predicted molar refractivity (Wildman–Crippen MR) is 109 cm³/mol. The van der Waals surface area contributed by atoms with Gasteiger partial charge in [0, 0.05) is 64.5 Å². The van der Waals surface area contributed by atoms with Crippen molar-refractivity contribution in [2.45, 2.75) is 38.9 Å². The van der Waals surface area contributed by atoms with Crippen LogP contribution in [-0.2, 0) is 30.8 Å². The Kier molecular flexibility index (Phi) is 9.48. The molecule has 0 aromatic carbocycles. The highest BCUT2D eigenvalue weighted by molar-refractivity contribution is 5.85. The molecule has 0 radical (unpaired) electrons. The standard InChI is InChI=1S/C17H25N7O.2ClH/c1-18-17-20-9-13(10-21-17)12-23(2)16(25)5-4-14-8-15-11-19-6-3-7-24(15)22-14;;/h8-10,19H,3-7,11-12H2,1-2H3,(H,18,20,21);2*1H. The van der Waals surface area contributed by atoms with Crippen LogP contribution >= 0.6 is 24.8 Å². The zero-order valence-electron chi connectivity index (χ0n) is 15.6. The zero-order chi connectivity index (χ0) is 17.6. The number of anilines is 1. The van der Waals surface area contributed by atoms with E-state index < -0.39 is 0 Å². The lowest BCUT2D eigenvalue weighted by Gasteiger charge is -2.16. The van der Waals surface area contributed by atoms with Crippen LogP contribution in [0.2, 0.25) is 0 Å². The summed E-state index contributed by atoms with van der Waals surface area (Å²) in [6.07, 6.45) is 5.68. The number of aromatic nitrogens is 4. The second kappa shape index (κ2) is 11.1. The molecule has 0 aliphatic carbocycles. The van der Waals surface area contributed by atoms with E-state index >= 15 is 0 Å². The van der Waals surface area contributed by atoms with Gasteiger partial charge in [0.25, 0.3) is 0 Å². The van der Waals surface area contributed by atoms with Crippen LogP contribution in [0.4, 0.5) is 5.95 Å². The molecule has 3 heterocycles. The van der Waals surface area contributed by atoms with Gasteiger partial charge in [0.1, 0.15) is 0 Å². The van der Waals surface area contributed by atoms with E-state index in [1.807, 2.05) is 0 Å². The molecule has 1 amide bonds. The Labute approximate surface area is 172 Å². The number of amides is 1. The number of hydrogen-bond acceptors (Lipinski definition) is 6. The number of halogens is 2. The lowest BCUT2D eigenvalue weighted by Crippen LogP contribution is -2.26. The number of carbonyl (C=O) groups is 1. The van der Waals surface area contributed by atoms with Crippen molar-refractivity contribution in [2.75, 3.05) is 26.0 Å². The van der Waals surface area contributed by atoms with Crippen LogP contribution < -0.4 is 10.6 Å². The maximum absolute atomic E-state index is 12.4. The molecule has 0 spiro atoms. The van der Waals surface area contributed by atoms with E-state index in [1.165, 1.54) is 5.69 Å². The summed E-state index contributed by atoms with van der Waals surface area (Å²) in [4.78, 5) is 22.4. The number of rotatable bonds is 6. The summed E-state index contributed by atoms with van der Waals surface area (Å²) in [5.74, 6) is 0.672. The molecule has 27 heavy (non-hydrogen) atoms. The molecule has 8 nitrogen and oxygen atoms in total. The topological polar surface area (TPSA) is 88.0 Å². The van der Waals surface area contributed by atoms with Crippen molar-refractivity contribution in [3.8, 4) is 0 Å². The smallest absolute Gasteiger partial charge is 0.223 e. The minimum atomic E-state index is 0. The summed E-state index contributed by atoms with van der Waals surface area (Å²) in [5.41, 5.74) is 3.10. The van der Waals surface area contributed by atoms with Gasteiger partial charge in [0.2, 0.25) is 11.9 Å². The van der Waals surface area contributed by atoms with Gasteiger partial charge in [0.05, 0.1) is 11.4 Å². The lowest BCUT2D eigenvalue weighted by molar-refractivity contribution is -0.130. The minimum absolute atomic E-state index is 0. The summed E-state index contributed by atoms with van der Waals surface area (Å²) in [6, 6.07) is 2.11. The Bertz CT molecular complexity index is 697. The van der Waals surface area contributed by atoms with Gasteiger partial charge in [-0.15, -0.1) is 24.8 Å². The highest BCUT2D eigenvalue weighted by Crippen LogP contribution is 2.11. The molecule has 0 unspecified atom stereocenters. The molecule has 150 valence electrons. The van der Waals surface area contributed by atoms with E-state index in [0.717, 1.165) is 37.3 Å². The van der Waals surface area contributed by atoms with Crippen LogP contribution in [0, 0.1) is 0 Å². The second-order valence-corrected chi connectivity index (χ2v) is 6.30. The Morgan fingerprint density at radius 1 is 1.33 bits per heavy atom. The number of nitrogens with one attached hydrogen (secondary N) is 2. The first kappa shape index (κ1) is 23.1. The first-order valence-corrected chi connectivity index (χ1v) is 8.64. The van der Waals surface area contributed by atoms with Gasteiger partial charge in [-0.05, 0) is 19.0 Å². The van der Waals surface area contributed by atoms with E-state index in [-0.39, 0.29) is 30.7 Å². The molecular formula is C17H27Cl2N7O. The average Bonchev–Trinajstić information content (AvgIpc) is 2.89. The van der Waals surface area contributed by atoms with Crippen molar-refractivity contribution in [1.29, 1.82) is 0 Å². The third-order valence-electron chi connectivity index (χ3n) is 4.31. The van der Waals surface area contributed by atoms with Crippen LogP contribution in [0.5, 0.6) is 0 Å². The monoisotopic (exact) mass is 415 g/mol. The molecular weight excluding hydrogens is 389 g/mol. The van der Waals surface area contributed by atoms with Gasteiger partial charge in [-0.25, -0.2) is 9.97 Å². The van der Waals surface area contributed by atoms with Crippen molar-refractivity contribution in [1.82, 2.24) is 30.0 Å². The molecule has 1 aliphatic rings. The van der Waals surface area contributed by atoms with E-state index in [2.05, 4.69) is 36.4 Å². The summed E-state index contributed by atoms with van der Waals surface area (Å²) in [7, 11) is 3.58. The number of nitrogens with zero attached hydrogens (tertiary/aromatic N) is 5. The first-order valence-electron chi connectivity index (χ1n) is 8.64. The predicted octanol–water partition coefficient (Wildman–Crippen LogP) is 1.64. The third kappa shape index (κ3) is 6.34. The SMILES string of the molecule is CNc1ncc(CN(C)C(=O)CCc2cc3n(n2)CCCNC3)cn1.Cl.Cl. The van der Waals surface area contributed by atoms with Crippen molar-refractivity contribution in [3.63, 3.8) is 0 Å². The number of fused-ring (bicyclic) bond motifs is 1. The van der Waals surface area contributed by atoms with Gasteiger partial charge in [0.15, 0.2) is 0 Å². The van der Waals surface area contributed by atoms with Gasteiger partial charge in [-0.1, -0.05) is 0 Å². The van der Waals surface area contributed by atoms with Crippen LogP contribution in [0.25, 0.3) is 0 Å². The summed E-state index contributed by atoms with van der Waals surface area (Å²) >= 11 is 0. The highest BCUT2D eigenvalue weighted by atomic mass is 35.5. The minimum Gasteiger partial charge on any atom is -0.357 e. The second-order valence-electron chi connectivity index (χ2n) is 6.30. The van der Waals surface area contributed by atoms with Crippen molar-refractivity contribution < 1.29 is 4.79 Å². The van der Waals surface area contributed by atoms with Crippen LogP contribution in [0.15, 0.2) is 18.5 Å². The van der Waals surface area contributed by atoms with E-state index in [9.17, 15) is 4.79 Å². The Balaban J connectivity index is 0.00000182. The van der Waals surface area contributed by atoms with Crippen molar-refractivity contribution in [3.05, 3.63) is 35.4 Å². The molecule has 0 fully saturated rings. The van der Waals surface area contributed by atoms with E-state index in [1.54, 1.807) is 31.4 Å². The number of carbonyl (C=O) groups excluding carboxylic acids is 1. The fraction of sp³-hybridized carbons (Fsp3) is 0.529. The zero-order valence-corrected chi connectivity index (χ0v) is 17.3. The first-order chi connectivity index (χ1) is 12.2. The summed E-state index contributed by atoms with van der Waals surface area (Å²) in [5, 5.41) is 10.9. The van der Waals surface area contributed by atoms with Gasteiger partial charge in [-0.2, -0.15) is 5.10 Å². The maximum Gasteiger partial charge on any atom is 0.223 e. The molecule has 0 bridgehead atoms. The molecule has 0 saturated heterocycles. The fourth-order valence-electron chi connectivity index (χ4n) is 2.90. The summed E-state index contributed by atoms with van der Waals surface area (Å²) in [6.45, 7) is 3.33. The largest absolute Gasteiger partial charge is 0.357 e. The van der Waals surface area contributed by atoms with E-state index in [0.29, 0.717) is 25.3 Å². The fourth-order valence-corrected chi connectivity index (χ4v) is 2.90. The van der Waals surface area contributed by atoms with E-state index in [4.69, 9.17) is 0 Å². The van der Waals surface area contributed by atoms with Gasteiger partial charge in [-0.3, -0.25) is 9.48 Å². The Hall–Kier alpha value is -1.90. The third-order valence-corrected chi connectivity index (χ3v) is 4.31. The highest BCUT2D eigenvalue weighted by Gasteiger charge is 2.14. The molecule has 3 rings (SSSR count). The number of hydrogen-bond donors (Lipinski definition) is 2. The van der Waals surface area contributed by atoms with Crippen LogP contribution in [0.3, 0.4) is 0 Å². The molecule has 2 aromatic heterocycles. The average molecular weight is 416 g/mol. The normalized spacial score (nSPS) is 12.8. The van der Waals surface area contributed by atoms with Crippen LogP contribution in [-0.4, -0.2) is 51.2 Å². The molecule has 2 aromatic rings. The lowest BCUT2D eigenvalue weighted by atomic mass is 10.2. The Morgan fingerprint density at radius 2 is 2.07 bits per heavy atom. The molecule has 10 heteroatoms. The quantitative estimate of drug-likeness (QED) is 0.745. The summed E-state index contributed by atoms with van der Waals surface area (Å²) < 4.78 is 2.06. The van der Waals surface area contributed by atoms with Crippen molar-refractivity contribution in [2.24, 2.45) is 0 Å². The maximum atomic E-state index is 12.4. The van der Waals surface area contributed by atoms with Gasteiger partial charge >= 0.3 is 0 Å². The number of aryl methyl sites for hydroxylation is 2. The van der Waals surface area contributed by atoms with Crippen LogP contribution in [0.1, 0.15) is 29.8 Å². The van der Waals surface area contributed by atoms with Crippen molar-refractivity contribution >= 4 is 36.7 Å². The molecule has 2 N–H and O–H groups in total.